The molecule has 6 heteroatoms. The van der Waals surface area contributed by atoms with Crippen molar-refractivity contribution in [2.45, 2.75) is 12.8 Å². The first-order valence-electron chi connectivity index (χ1n) is 5.25. The molecule has 1 atom stereocenters. The van der Waals surface area contributed by atoms with Crippen molar-refractivity contribution >= 4 is 12.1 Å². The first kappa shape index (κ1) is 15.9. The van der Waals surface area contributed by atoms with Crippen molar-refractivity contribution in [2.24, 2.45) is 5.73 Å². The minimum absolute atomic E-state index is 0.0166. The van der Waals surface area contributed by atoms with E-state index < -0.39 is 6.09 Å². The lowest BCUT2D eigenvalue weighted by molar-refractivity contribution is -0.141. The van der Waals surface area contributed by atoms with Crippen molar-refractivity contribution in [1.82, 2.24) is 0 Å². The number of ether oxygens (including phenoxy) is 1. The second-order valence-electron chi connectivity index (χ2n) is 3.43. The molecule has 1 aromatic rings. The lowest BCUT2D eigenvalue weighted by Gasteiger charge is -2.13. The van der Waals surface area contributed by atoms with Crippen LogP contribution in [-0.2, 0) is 9.53 Å². The summed E-state index contributed by atoms with van der Waals surface area (Å²) in [5.41, 5.74) is 5.01. The molecule has 0 saturated carbocycles. The Morgan fingerprint density at radius 2 is 1.83 bits per heavy atom. The number of hydrogen-bond acceptors (Lipinski definition) is 4. The van der Waals surface area contributed by atoms with Gasteiger partial charge in [-0.2, -0.15) is 0 Å². The van der Waals surface area contributed by atoms with Crippen LogP contribution in [0.4, 0.5) is 4.79 Å². The normalized spacial score (nSPS) is 10.8. The van der Waals surface area contributed by atoms with E-state index in [-0.39, 0.29) is 25.1 Å². The van der Waals surface area contributed by atoms with Gasteiger partial charge in [0.15, 0.2) is 0 Å². The average Bonchev–Trinajstić information content (AvgIpc) is 2.30. The summed E-state index contributed by atoms with van der Waals surface area (Å²) in [5.74, 6) is -0.445. The molecular weight excluding hydrogens is 238 g/mol. The van der Waals surface area contributed by atoms with Crippen molar-refractivity contribution < 1.29 is 24.5 Å². The Bertz CT molecular complexity index is 362. The van der Waals surface area contributed by atoms with E-state index in [0.29, 0.717) is 0 Å². The number of carbonyl (C=O) groups is 2. The van der Waals surface area contributed by atoms with Crippen LogP contribution < -0.4 is 5.73 Å². The van der Waals surface area contributed by atoms with Crippen molar-refractivity contribution in [3.8, 4) is 0 Å². The van der Waals surface area contributed by atoms with E-state index in [4.69, 9.17) is 19.7 Å². The van der Waals surface area contributed by atoms with E-state index in [1.165, 1.54) is 6.92 Å². The fourth-order valence-corrected chi connectivity index (χ4v) is 1.20. The van der Waals surface area contributed by atoms with Crippen LogP contribution in [0.2, 0.25) is 0 Å². The minimum Gasteiger partial charge on any atom is -0.465 e. The second kappa shape index (κ2) is 9.00. The molecule has 0 fully saturated rings. The topological polar surface area (TPSA) is 110 Å². The lowest BCUT2D eigenvalue weighted by atomic mass is 10.0. The number of carbonyl (C=O) groups excluding carboxylic acids is 1. The van der Waals surface area contributed by atoms with Crippen molar-refractivity contribution in [3.05, 3.63) is 35.9 Å². The summed E-state index contributed by atoms with van der Waals surface area (Å²) >= 11 is 0. The van der Waals surface area contributed by atoms with Crippen LogP contribution in [0.3, 0.4) is 0 Å². The van der Waals surface area contributed by atoms with Crippen molar-refractivity contribution in [1.29, 1.82) is 0 Å². The molecular formula is C12H17NO5. The second-order valence-corrected chi connectivity index (χ2v) is 3.43. The van der Waals surface area contributed by atoms with Gasteiger partial charge in [-0.3, -0.25) is 4.79 Å². The average molecular weight is 255 g/mol. The predicted octanol–water partition coefficient (Wildman–Crippen LogP) is 0.949. The summed E-state index contributed by atoms with van der Waals surface area (Å²) in [6.07, 6.45) is -1.33. The van der Waals surface area contributed by atoms with Gasteiger partial charge in [-0.25, -0.2) is 4.79 Å². The number of primary amides is 1. The van der Waals surface area contributed by atoms with E-state index in [9.17, 15) is 4.79 Å². The van der Waals surface area contributed by atoms with E-state index in [1.807, 2.05) is 30.3 Å². The molecule has 0 saturated heterocycles. The monoisotopic (exact) mass is 255 g/mol. The van der Waals surface area contributed by atoms with Crippen LogP contribution >= 0.6 is 0 Å². The lowest BCUT2D eigenvalue weighted by Crippen LogP contribution is -2.14. The Morgan fingerprint density at radius 1 is 1.33 bits per heavy atom. The van der Waals surface area contributed by atoms with Crippen LogP contribution in [0.1, 0.15) is 18.4 Å². The number of carboxylic acid groups (broad SMARTS) is 1. The van der Waals surface area contributed by atoms with Gasteiger partial charge in [-0.1, -0.05) is 30.3 Å². The standard InChI is InChI=1S/C11H14O3.CH3NO2/c1-9(13)14-8-11(7-12)10-5-3-2-4-6-10;2-1(3)4/h2-6,11-12H,7-8H2,1H3;2H2,(H,3,4). The van der Waals surface area contributed by atoms with Gasteiger partial charge >= 0.3 is 12.1 Å². The fourth-order valence-electron chi connectivity index (χ4n) is 1.20. The molecule has 0 heterocycles. The van der Waals surface area contributed by atoms with Gasteiger partial charge in [0.1, 0.15) is 6.61 Å². The molecule has 0 radical (unpaired) electrons. The number of benzene rings is 1. The Morgan fingerprint density at radius 3 is 2.22 bits per heavy atom. The maximum Gasteiger partial charge on any atom is 0.402 e. The molecule has 0 aliphatic rings. The van der Waals surface area contributed by atoms with Gasteiger partial charge in [0.05, 0.1) is 6.61 Å². The third-order valence-corrected chi connectivity index (χ3v) is 1.98. The van der Waals surface area contributed by atoms with Gasteiger partial charge in [-0.15, -0.1) is 0 Å². The molecule has 0 spiro atoms. The molecule has 1 rings (SSSR count). The molecule has 100 valence electrons. The number of aliphatic hydroxyl groups excluding tert-OH is 1. The fraction of sp³-hybridized carbons (Fsp3) is 0.333. The summed E-state index contributed by atoms with van der Waals surface area (Å²) in [5, 5.41) is 16.3. The summed E-state index contributed by atoms with van der Waals surface area (Å²) < 4.78 is 4.85. The molecule has 1 unspecified atom stereocenters. The van der Waals surface area contributed by atoms with Crippen LogP contribution in [0.5, 0.6) is 0 Å². The maximum atomic E-state index is 10.6. The van der Waals surface area contributed by atoms with Gasteiger partial charge in [0, 0.05) is 12.8 Å². The summed E-state index contributed by atoms with van der Waals surface area (Å²) in [6.45, 7) is 1.58. The first-order valence-corrected chi connectivity index (χ1v) is 5.25. The zero-order valence-electron chi connectivity index (χ0n) is 10.1. The Kier molecular flexibility index (Phi) is 7.96. The molecule has 0 aliphatic heterocycles. The number of amides is 1. The van der Waals surface area contributed by atoms with Crippen molar-refractivity contribution in [3.63, 3.8) is 0 Å². The van der Waals surface area contributed by atoms with Crippen LogP contribution in [0.15, 0.2) is 30.3 Å². The molecule has 1 aromatic carbocycles. The van der Waals surface area contributed by atoms with Gasteiger partial charge in [0.25, 0.3) is 0 Å². The third kappa shape index (κ3) is 8.12. The smallest absolute Gasteiger partial charge is 0.402 e. The number of hydrogen-bond donors (Lipinski definition) is 3. The van der Waals surface area contributed by atoms with E-state index in [2.05, 4.69) is 5.73 Å². The van der Waals surface area contributed by atoms with Gasteiger partial charge in [-0.05, 0) is 5.56 Å². The van der Waals surface area contributed by atoms with Gasteiger partial charge in [0.2, 0.25) is 0 Å². The van der Waals surface area contributed by atoms with Crippen LogP contribution in [0.25, 0.3) is 0 Å². The molecule has 18 heavy (non-hydrogen) atoms. The third-order valence-electron chi connectivity index (χ3n) is 1.98. The number of nitrogens with two attached hydrogens (primary N) is 1. The summed E-state index contributed by atoms with van der Waals surface area (Å²) in [6, 6.07) is 9.51. The van der Waals surface area contributed by atoms with E-state index in [1.54, 1.807) is 0 Å². The van der Waals surface area contributed by atoms with E-state index >= 15 is 0 Å². The molecule has 0 bridgehead atoms. The molecule has 4 N–H and O–H groups in total. The molecule has 0 aliphatic carbocycles. The highest BCUT2D eigenvalue weighted by Crippen LogP contribution is 2.14. The van der Waals surface area contributed by atoms with E-state index in [0.717, 1.165) is 5.56 Å². The molecule has 1 amide bonds. The number of esters is 1. The zero-order valence-corrected chi connectivity index (χ0v) is 10.1. The summed E-state index contributed by atoms with van der Waals surface area (Å²) in [4.78, 5) is 19.4. The Hall–Kier alpha value is -2.08. The first-order chi connectivity index (χ1) is 8.47. The number of aliphatic hydroxyl groups is 1. The minimum atomic E-state index is -1.33. The highest BCUT2D eigenvalue weighted by atomic mass is 16.5. The number of rotatable bonds is 4. The van der Waals surface area contributed by atoms with Crippen LogP contribution in [-0.4, -0.2) is 35.5 Å². The highest BCUT2D eigenvalue weighted by Gasteiger charge is 2.11. The quantitative estimate of drug-likeness (QED) is 0.694. The largest absolute Gasteiger partial charge is 0.465 e. The zero-order chi connectivity index (χ0) is 14.0. The Balaban J connectivity index is 0.000000631. The Labute approximate surface area is 105 Å². The molecule has 6 nitrogen and oxygen atoms in total. The van der Waals surface area contributed by atoms with Crippen molar-refractivity contribution in [2.75, 3.05) is 13.2 Å². The van der Waals surface area contributed by atoms with Gasteiger partial charge < -0.3 is 20.7 Å². The van der Waals surface area contributed by atoms with Crippen LogP contribution in [0, 0.1) is 0 Å². The maximum absolute atomic E-state index is 10.6. The highest BCUT2D eigenvalue weighted by molar-refractivity contribution is 5.65. The SMILES string of the molecule is CC(=O)OCC(CO)c1ccccc1.NC(=O)O. The predicted molar refractivity (Wildman–Crippen MR) is 65.1 cm³/mol. The summed E-state index contributed by atoms with van der Waals surface area (Å²) in [7, 11) is 0. The molecule has 0 aromatic heterocycles.